The summed E-state index contributed by atoms with van der Waals surface area (Å²) < 4.78 is 1.84. The molecule has 5 aromatic rings. The van der Waals surface area contributed by atoms with Gasteiger partial charge in [0, 0.05) is 24.5 Å². The van der Waals surface area contributed by atoms with E-state index in [2.05, 4.69) is 74.6 Å². The van der Waals surface area contributed by atoms with Gasteiger partial charge in [-0.3, -0.25) is 0 Å². The molecule has 2 saturated carbocycles. The lowest BCUT2D eigenvalue weighted by Crippen LogP contribution is -2.33. The summed E-state index contributed by atoms with van der Waals surface area (Å²) in [4.78, 5) is 16.0. The number of imidazole rings is 1. The minimum absolute atomic E-state index is 0.0712. The highest BCUT2D eigenvalue weighted by molar-refractivity contribution is 5.84. The zero-order valence-electron chi connectivity index (χ0n) is 25.2. The van der Waals surface area contributed by atoms with Crippen LogP contribution in [0.3, 0.4) is 0 Å². The van der Waals surface area contributed by atoms with E-state index < -0.39 is 24.3 Å². The van der Waals surface area contributed by atoms with Crippen LogP contribution in [0.1, 0.15) is 67.1 Å². The van der Waals surface area contributed by atoms with Gasteiger partial charge >= 0.3 is 0 Å². The Kier molecular flexibility index (Phi) is 8.13. The van der Waals surface area contributed by atoms with E-state index in [0.29, 0.717) is 41.7 Å². The summed E-state index contributed by atoms with van der Waals surface area (Å²) in [6, 6.07) is 20.2. The van der Waals surface area contributed by atoms with Gasteiger partial charge in [0.25, 0.3) is 0 Å². The fourth-order valence-corrected chi connectivity index (χ4v) is 6.72. The number of nitrogens with zero attached hydrogens (tertiary/aromatic N) is 8. The van der Waals surface area contributed by atoms with E-state index in [0.717, 1.165) is 25.7 Å². The highest BCUT2D eigenvalue weighted by atomic mass is 16.3. The molecule has 3 heterocycles. The molecular formula is C32H39N11O2. The van der Waals surface area contributed by atoms with Gasteiger partial charge in [-0.2, -0.15) is 14.8 Å². The van der Waals surface area contributed by atoms with Crippen LogP contribution in [-0.4, -0.2) is 80.8 Å². The molecule has 13 nitrogen and oxygen atoms in total. The van der Waals surface area contributed by atoms with Crippen LogP contribution in [0.5, 0.6) is 0 Å². The number of nitrogens with two attached hydrogens (primary N) is 1. The third-order valence-electron chi connectivity index (χ3n) is 9.21. The molecule has 7 rings (SSSR count). The number of aliphatic hydroxyl groups is 2. The zero-order chi connectivity index (χ0) is 30.9. The summed E-state index contributed by atoms with van der Waals surface area (Å²) >= 11 is 0. The first-order valence-electron chi connectivity index (χ1n) is 15.7. The zero-order valence-corrected chi connectivity index (χ0v) is 25.2. The fraction of sp³-hybridized carbons (Fsp3) is 0.438. The Morgan fingerprint density at radius 2 is 1.58 bits per heavy atom. The molecule has 2 aromatic carbocycles. The molecule has 2 aliphatic carbocycles. The lowest BCUT2D eigenvalue weighted by Gasteiger charge is -2.27. The van der Waals surface area contributed by atoms with Crippen molar-refractivity contribution in [1.82, 2.24) is 39.7 Å². The van der Waals surface area contributed by atoms with Crippen LogP contribution < -0.4 is 16.4 Å². The normalized spacial score (nSPS) is 25.2. The van der Waals surface area contributed by atoms with Crippen molar-refractivity contribution < 1.29 is 10.2 Å². The molecule has 0 bridgehead atoms. The Morgan fingerprint density at radius 1 is 0.911 bits per heavy atom. The molecule has 3 aromatic heterocycles. The van der Waals surface area contributed by atoms with E-state index in [1.807, 2.05) is 16.7 Å². The molecule has 0 radical (unpaired) electrons. The summed E-state index contributed by atoms with van der Waals surface area (Å²) in [7, 11) is 0. The quantitative estimate of drug-likeness (QED) is 0.166. The van der Waals surface area contributed by atoms with Crippen LogP contribution >= 0.6 is 0 Å². The standard InChI is InChI=1S/C32H39N11O2/c1-19-39-41-43(40-19)26-16-25(28(44)29(26)45)42-18-35-27-30(37-32(38-31(27)42)36-23-14-12-22(33)13-15-23)34-17-24(20-8-4-2-5-9-20)21-10-6-3-7-11-21/h2-11,18,22-26,28-29,44-45H,12-17,33H2,1H3,(H2,34,36,37,38)/t22?,23?,25-,26+,28+,29-/m1/s1. The topological polar surface area (TPSA) is 178 Å². The average molecular weight is 610 g/mol. The Labute approximate surface area is 260 Å². The number of nitrogens with one attached hydrogen (secondary N) is 2. The van der Waals surface area contributed by atoms with E-state index in [1.165, 1.54) is 15.9 Å². The molecule has 4 atom stereocenters. The molecule has 0 unspecified atom stereocenters. The number of aliphatic hydroxyl groups excluding tert-OH is 2. The molecule has 6 N–H and O–H groups in total. The van der Waals surface area contributed by atoms with Crippen LogP contribution in [0, 0.1) is 6.92 Å². The molecule has 13 heteroatoms. The van der Waals surface area contributed by atoms with E-state index in [1.54, 1.807) is 13.3 Å². The second kappa shape index (κ2) is 12.5. The Balaban J connectivity index is 1.23. The number of hydrogen-bond donors (Lipinski definition) is 5. The summed E-state index contributed by atoms with van der Waals surface area (Å²) in [5.74, 6) is 1.66. The van der Waals surface area contributed by atoms with E-state index in [-0.39, 0.29) is 18.0 Å². The van der Waals surface area contributed by atoms with Gasteiger partial charge in [0.05, 0.1) is 12.4 Å². The minimum Gasteiger partial charge on any atom is -0.388 e. The third-order valence-corrected chi connectivity index (χ3v) is 9.21. The van der Waals surface area contributed by atoms with Crippen molar-refractivity contribution >= 4 is 22.9 Å². The number of tetrazole rings is 1. The van der Waals surface area contributed by atoms with Gasteiger partial charge in [-0.15, -0.1) is 10.2 Å². The number of rotatable bonds is 9. The number of aromatic nitrogens is 8. The molecular weight excluding hydrogens is 570 g/mol. The van der Waals surface area contributed by atoms with Crippen LogP contribution in [-0.2, 0) is 0 Å². The summed E-state index contributed by atoms with van der Waals surface area (Å²) in [5, 5.41) is 41.7. The van der Waals surface area contributed by atoms with Crippen LogP contribution in [0.25, 0.3) is 11.2 Å². The lowest BCUT2D eigenvalue weighted by atomic mass is 9.91. The fourth-order valence-electron chi connectivity index (χ4n) is 6.72. The third kappa shape index (κ3) is 5.98. The molecule has 0 amide bonds. The maximum Gasteiger partial charge on any atom is 0.227 e. The Bertz CT molecular complexity index is 1680. The van der Waals surface area contributed by atoms with E-state index in [9.17, 15) is 10.2 Å². The van der Waals surface area contributed by atoms with Gasteiger partial charge in [0.1, 0.15) is 18.2 Å². The highest BCUT2D eigenvalue weighted by Gasteiger charge is 2.45. The van der Waals surface area contributed by atoms with Gasteiger partial charge in [-0.25, -0.2) is 4.98 Å². The second-order valence-corrected chi connectivity index (χ2v) is 12.2. The highest BCUT2D eigenvalue weighted by Crippen LogP contribution is 2.40. The molecule has 0 spiro atoms. The lowest BCUT2D eigenvalue weighted by molar-refractivity contribution is 0.00474. The maximum atomic E-state index is 11.2. The molecule has 45 heavy (non-hydrogen) atoms. The Morgan fingerprint density at radius 3 is 2.22 bits per heavy atom. The van der Waals surface area contributed by atoms with Crippen molar-refractivity contribution in [3.8, 4) is 0 Å². The van der Waals surface area contributed by atoms with Crippen LogP contribution in [0.15, 0.2) is 67.0 Å². The molecule has 2 aliphatic rings. The predicted octanol–water partition coefficient (Wildman–Crippen LogP) is 2.95. The first kappa shape index (κ1) is 29.3. The van der Waals surface area contributed by atoms with Crippen molar-refractivity contribution in [2.45, 2.75) is 81.3 Å². The SMILES string of the molecule is Cc1nnn([C@H]2C[C@@H](n3cnc4c(NCC(c5ccccc5)c5ccccc5)nc(NC5CCC(N)CC5)nc43)[C@H](O)[C@@H]2O)n1. The van der Waals surface area contributed by atoms with Gasteiger partial charge in [-0.1, -0.05) is 60.7 Å². The number of benzene rings is 2. The Hall–Kier alpha value is -4.46. The largest absolute Gasteiger partial charge is 0.388 e. The van der Waals surface area contributed by atoms with Crippen LogP contribution in [0.4, 0.5) is 11.8 Å². The molecule has 2 fully saturated rings. The number of anilines is 2. The smallest absolute Gasteiger partial charge is 0.227 e. The first-order valence-corrected chi connectivity index (χ1v) is 15.7. The molecule has 0 saturated heterocycles. The van der Waals surface area contributed by atoms with Gasteiger partial charge < -0.3 is 31.1 Å². The molecule has 234 valence electrons. The second-order valence-electron chi connectivity index (χ2n) is 12.2. The number of hydrogen-bond acceptors (Lipinski definition) is 11. The first-order chi connectivity index (χ1) is 21.9. The average Bonchev–Trinajstić information content (AvgIpc) is 3.76. The van der Waals surface area contributed by atoms with Crippen molar-refractivity contribution in [1.29, 1.82) is 0 Å². The van der Waals surface area contributed by atoms with Crippen LogP contribution in [0.2, 0.25) is 0 Å². The number of fused-ring (bicyclic) bond motifs is 1. The van der Waals surface area contributed by atoms with Gasteiger partial charge in [0.2, 0.25) is 5.95 Å². The van der Waals surface area contributed by atoms with Gasteiger partial charge in [0.15, 0.2) is 22.8 Å². The summed E-state index contributed by atoms with van der Waals surface area (Å²) in [6.07, 6.45) is 3.66. The summed E-state index contributed by atoms with van der Waals surface area (Å²) in [5.41, 5.74) is 9.70. The maximum absolute atomic E-state index is 11.2. The van der Waals surface area contributed by atoms with E-state index in [4.69, 9.17) is 20.7 Å². The minimum atomic E-state index is -1.08. The van der Waals surface area contributed by atoms with Crippen molar-refractivity contribution in [2.75, 3.05) is 17.2 Å². The predicted molar refractivity (Wildman–Crippen MR) is 170 cm³/mol. The summed E-state index contributed by atoms with van der Waals surface area (Å²) in [6.45, 7) is 2.32. The number of aryl methyl sites for hydroxylation is 1. The van der Waals surface area contributed by atoms with Crippen molar-refractivity contribution in [2.24, 2.45) is 5.73 Å². The van der Waals surface area contributed by atoms with Crippen molar-refractivity contribution in [3.63, 3.8) is 0 Å². The monoisotopic (exact) mass is 609 g/mol. The van der Waals surface area contributed by atoms with Gasteiger partial charge in [-0.05, 0) is 55.4 Å². The van der Waals surface area contributed by atoms with Crippen molar-refractivity contribution in [3.05, 3.63) is 83.9 Å². The van der Waals surface area contributed by atoms with E-state index >= 15 is 0 Å². The molecule has 0 aliphatic heterocycles.